The fraction of sp³-hybridized carbons (Fsp3) is 0.289. The van der Waals surface area contributed by atoms with Gasteiger partial charge < -0.3 is 48.5 Å². The van der Waals surface area contributed by atoms with Gasteiger partial charge in [0.25, 0.3) is 5.91 Å². The Bertz CT molecular complexity index is 1800. The number of benzene rings is 4. The monoisotopic (exact) mass is 704 g/mol. The molecule has 0 aromatic heterocycles. The van der Waals surface area contributed by atoms with Crippen molar-refractivity contribution >= 4 is 35.3 Å². The van der Waals surface area contributed by atoms with Crippen LogP contribution in [0.25, 0.3) is 12.2 Å². The Morgan fingerprint density at radius 2 is 1.16 bits per heavy atom. The highest BCUT2D eigenvalue weighted by Gasteiger charge is 2.25. The van der Waals surface area contributed by atoms with Crippen LogP contribution in [-0.4, -0.2) is 61.8 Å². The lowest BCUT2D eigenvalue weighted by Crippen LogP contribution is -2.38. The maximum absolute atomic E-state index is 12.7. The van der Waals surface area contributed by atoms with Gasteiger partial charge in [0.1, 0.15) is 6.17 Å². The second-order valence-corrected chi connectivity index (χ2v) is 11.5. The number of unbranched alkanes of at least 4 members (excludes halogenated alkanes) is 1. The van der Waals surface area contributed by atoms with Crippen molar-refractivity contribution in [2.75, 3.05) is 61.2 Å². The smallest absolute Gasteiger partial charge is 0.255 e. The predicted molar refractivity (Wildman–Crippen MR) is 193 cm³/mol. The van der Waals surface area contributed by atoms with Crippen LogP contribution in [0.4, 0.5) is 5.69 Å². The standard InChI is InChI=1S/C38H41ClN2O9/c1-43-30-21-25(37-40-28-13-12-26(39)22-27(28)38(42)41-37)11-14-29(30)49-15-7-8-16-50-36-33(46-4)19-24(20-34(36)47-5)10-9-23-17-31(44-2)35(48-6)32(18-23)45-3/h9-14,17-22,37,40H,7-8,15-16H2,1-6H3,(H,41,42). The number of nitrogens with one attached hydrogen (secondary N) is 2. The third kappa shape index (κ3) is 8.23. The van der Waals surface area contributed by atoms with Gasteiger partial charge in [-0.1, -0.05) is 29.8 Å². The molecule has 0 bridgehead atoms. The first kappa shape index (κ1) is 35.9. The zero-order valence-electron chi connectivity index (χ0n) is 28.9. The number of carbonyl (C=O) groups is 1. The largest absolute Gasteiger partial charge is 0.493 e. The first-order valence-corrected chi connectivity index (χ1v) is 16.2. The number of fused-ring (bicyclic) bond motifs is 1. The van der Waals surface area contributed by atoms with Crippen LogP contribution in [0.15, 0.2) is 60.7 Å². The second kappa shape index (κ2) is 16.8. The summed E-state index contributed by atoms with van der Waals surface area (Å²) >= 11 is 6.06. The van der Waals surface area contributed by atoms with Crippen molar-refractivity contribution in [2.24, 2.45) is 0 Å². The molecule has 1 aliphatic heterocycles. The Labute approximate surface area is 296 Å². The van der Waals surface area contributed by atoms with Gasteiger partial charge in [0, 0.05) is 10.7 Å². The van der Waals surface area contributed by atoms with Gasteiger partial charge in [0.05, 0.1) is 61.4 Å². The van der Waals surface area contributed by atoms with Crippen LogP contribution in [0.3, 0.4) is 0 Å². The van der Waals surface area contributed by atoms with Crippen LogP contribution in [0, 0.1) is 0 Å². The lowest BCUT2D eigenvalue weighted by Gasteiger charge is -2.28. The number of methoxy groups -OCH3 is 6. The van der Waals surface area contributed by atoms with E-state index >= 15 is 0 Å². The topological polar surface area (TPSA) is 115 Å². The molecule has 0 fully saturated rings. The van der Waals surface area contributed by atoms with Crippen molar-refractivity contribution in [3.63, 3.8) is 0 Å². The third-order valence-electron chi connectivity index (χ3n) is 8.00. The average Bonchev–Trinajstić information content (AvgIpc) is 3.14. The zero-order chi connectivity index (χ0) is 35.6. The summed E-state index contributed by atoms with van der Waals surface area (Å²) in [4.78, 5) is 12.7. The first-order valence-electron chi connectivity index (χ1n) is 15.9. The van der Waals surface area contributed by atoms with Crippen LogP contribution in [0.2, 0.25) is 5.02 Å². The molecule has 1 unspecified atom stereocenters. The molecular weight excluding hydrogens is 664 g/mol. The average molecular weight is 705 g/mol. The van der Waals surface area contributed by atoms with E-state index in [2.05, 4.69) is 10.6 Å². The number of rotatable bonds is 16. The molecule has 1 aliphatic rings. The fourth-order valence-corrected chi connectivity index (χ4v) is 5.64. The number of amides is 1. The molecule has 0 saturated heterocycles. The van der Waals surface area contributed by atoms with E-state index in [0.29, 0.717) is 75.5 Å². The highest BCUT2D eigenvalue weighted by atomic mass is 35.5. The lowest BCUT2D eigenvalue weighted by molar-refractivity contribution is 0.0935. The summed E-state index contributed by atoms with van der Waals surface area (Å²) in [6.07, 6.45) is 4.88. The van der Waals surface area contributed by atoms with E-state index in [1.165, 1.54) is 0 Å². The summed E-state index contributed by atoms with van der Waals surface area (Å²) in [5.74, 6) is 4.23. The molecule has 4 aromatic carbocycles. The molecule has 0 aliphatic carbocycles. The molecule has 0 saturated carbocycles. The number of halogens is 1. The number of ether oxygens (including phenoxy) is 8. The maximum Gasteiger partial charge on any atom is 0.255 e. The van der Waals surface area contributed by atoms with E-state index in [1.54, 1.807) is 60.9 Å². The Morgan fingerprint density at radius 1 is 0.600 bits per heavy atom. The number of hydrogen-bond acceptors (Lipinski definition) is 10. The minimum atomic E-state index is -0.433. The highest BCUT2D eigenvalue weighted by Crippen LogP contribution is 2.41. The molecule has 5 rings (SSSR count). The first-order chi connectivity index (χ1) is 24.3. The predicted octanol–water partition coefficient (Wildman–Crippen LogP) is 7.65. The van der Waals surface area contributed by atoms with Crippen LogP contribution in [0.1, 0.15) is 46.1 Å². The Balaban J connectivity index is 1.16. The number of anilines is 1. The summed E-state index contributed by atoms with van der Waals surface area (Å²) < 4.78 is 45.4. The molecule has 1 heterocycles. The normalized spacial score (nSPS) is 13.5. The summed E-state index contributed by atoms with van der Waals surface area (Å²) in [5.41, 5.74) is 3.74. The number of hydrogen-bond donors (Lipinski definition) is 2. The molecule has 11 nitrogen and oxygen atoms in total. The molecule has 12 heteroatoms. The van der Waals surface area contributed by atoms with Crippen LogP contribution < -0.4 is 48.5 Å². The van der Waals surface area contributed by atoms with Crippen molar-refractivity contribution in [1.82, 2.24) is 5.32 Å². The van der Waals surface area contributed by atoms with Crippen LogP contribution in [-0.2, 0) is 0 Å². The van der Waals surface area contributed by atoms with Gasteiger partial charge in [-0.2, -0.15) is 0 Å². The molecule has 1 atom stereocenters. The van der Waals surface area contributed by atoms with E-state index in [-0.39, 0.29) is 5.91 Å². The molecule has 1 amide bonds. The molecule has 2 N–H and O–H groups in total. The molecule has 0 spiro atoms. The van der Waals surface area contributed by atoms with Gasteiger partial charge in [-0.05, 0) is 84.1 Å². The van der Waals surface area contributed by atoms with E-state index in [1.807, 2.05) is 54.6 Å². The van der Waals surface area contributed by atoms with Gasteiger partial charge in [0.2, 0.25) is 11.5 Å². The van der Waals surface area contributed by atoms with E-state index in [0.717, 1.165) is 29.5 Å². The van der Waals surface area contributed by atoms with Crippen molar-refractivity contribution < 1.29 is 42.7 Å². The van der Waals surface area contributed by atoms with Gasteiger partial charge in [0.15, 0.2) is 34.5 Å². The lowest BCUT2D eigenvalue weighted by atomic mass is 10.1. The summed E-state index contributed by atoms with van der Waals surface area (Å²) in [6, 6.07) is 18.2. The van der Waals surface area contributed by atoms with Crippen molar-refractivity contribution in [3.05, 3.63) is 87.9 Å². The molecule has 264 valence electrons. The van der Waals surface area contributed by atoms with Gasteiger partial charge in [-0.25, -0.2) is 0 Å². The number of carbonyl (C=O) groups excluding carboxylic acids is 1. The Hall–Kier alpha value is -5.42. The van der Waals surface area contributed by atoms with E-state index < -0.39 is 6.17 Å². The maximum atomic E-state index is 12.7. The SMILES string of the molecule is COc1cc(C2NC(=O)c3cc(Cl)ccc3N2)ccc1OCCCCOc1c(OC)cc(C=Cc2cc(OC)c(OC)c(OC)c2)cc1OC. The van der Waals surface area contributed by atoms with Crippen LogP contribution in [0.5, 0.6) is 46.0 Å². The molecule has 50 heavy (non-hydrogen) atoms. The van der Waals surface area contributed by atoms with Gasteiger partial charge >= 0.3 is 0 Å². The molecular formula is C38H41ClN2O9. The Kier molecular flexibility index (Phi) is 12.1. The summed E-state index contributed by atoms with van der Waals surface area (Å²) in [6.45, 7) is 0.872. The molecule has 0 radical (unpaired) electrons. The van der Waals surface area contributed by atoms with Crippen molar-refractivity contribution in [1.29, 1.82) is 0 Å². The van der Waals surface area contributed by atoms with Gasteiger partial charge in [-0.15, -0.1) is 0 Å². The fourth-order valence-electron chi connectivity index (χ4n) is 5.47. The highest BCUT2D eigenvalue weighted by molar-refractivity contribution is 6.31. The quantitative estimate of drug-likeness (QED) is 0.0890. The van der Waals surface area contributed by atoms with Crippen LogP contribution >= 0.6 is 11.6 Å². The summed E-state index contributed by atoms with van der Waals surface area (Å²) in [5, 5.41) is 6.79. The van der Waals surface area contributed by atoms with E-state index in [4.69, 9.17) is 49.5 Å². The second-order valence-electron chi connectivity index (χ2n) is 11.1. The zero-order valence-corrected chi connectivity index (χ0v) is 29.6. The molecule has 4 aromatic rings. The van der Waals surface area contributed by atoms with E-state index in [9.17, 15) is 4.79 Å². The van der Waals surface area contributed by atoms with Gasteiger partial charge in [-0.3, -0.25) is 4.79 Å². The third-order valence-corrected chi connectivity index (χ3v) is 8.24. The Morgan fingerprint density at radius 3 is 1.72 bits per heavy atom. The van der Waals surface area contributed by atoms with Crippen molar-refractivity contribution in [3.8, 4) is 46.0 Å². The van der Waals surface area contributed by atoms with Crippen molar-refractivity contribution in [2.45, 2.75) is 19.0 Å². The minimum absolute atomic E-state index is 0.205. The minimum Gasteiger partial charge on any atom is -0.493 e. The summed E-state index contributed by atoms with van der Waals surface area (Å²) in [7, 11) is 9.50.